The predicted octanol–water partition coefficient (Wildman–Crippen LogP) is 5.06. The molecule has 1 aromatic rings. The van der Waals surface area contributed by atoms with E-state index in [1.54, 1.807) is 14.2 Å². The summed E-state index contributed by atoms with van der Waals surface area (Å²) < 4.78 is 11.3. The third-order valence-electron chi connectivity index (χ3n) is 6.10. The van der Waals surface area contributed by atoms with Crippen molar-refractivity contribution in [3.8, 4) is 0 Å². The van der Waals surface area contributed by atoms with Gasteiger partial charge in [-0.1, -0.05) is 40.7 Å². The fourth-order valence-corrected chi connectivity index (χ4v) is 3.99. The van der Waals surface area contributed by atoms with Crippen molar-refractivity contribution < 1.29 is 9.47 Å². The first-order valence-corrected chi connectivity index (χ1v) is 8.26. The Kier molecular flexibility index (Phi) is 4.25. The van der Waals surface area contributed by atoms with E-state index < -0.39 is 5.79 Å². The molecule has 124 valence electrons. The third-order valence-corrected chi connectivity index (χ3v) is 6.10. The Morgan fingerprint density at radius 1 is 1.05 bits per heavy atom. The first kappa shape index (κ1) is 17.5. The third kappa shape index (κ3) is 2.51. The van der Waals surface area contributed by atoms with Gasteiger partial charge in [0.05, 0.1) is 0 Å². The fourth-order valence-electron chi connectivity index (χ4n) is 3.99. The molecule has 0 bridgehead atoms. The van der Waals surface area contributed by atoms with E-state index in [0.717, 1.165) is 5.56 Å². The average Bonchev–Trinajstić information content (AvgIpc) is 2.44. The van der Waals surface area contributed by atoms with Gasteiger partial charge in [-0.25, -0.2) is 0 Å². The number of methoxy groups -OCH3 is 2. The van der Waals surface area contributed by atoms with Crippen molar-refractivity contribution in [3.05, 3.63) is 34.4 Å². The van der Waals surface area contributed by atoms with Gasteiger partial charge in [0.15, 0.2) is 5.79 Å². The Bertz CT molecular complexity index is 565. The average molecular weight is 304 g/mol. The van der Waals surface area contributed by atoms with Crippen LogP contribution < -0.4 is 0 Å². The second kappa shape index (κ2) is 5.35. The van der Waals surface area contributed by atoms with E-state index in [1.807, 2.05) is 6.92 Å². The van der Waals surface area contributed by atoms with E-state index in [1.165, 1.54) is 23.1 Å². The molecule has 1 aliphatic rings. The summed E-state index contributed by atoms with van der Waals surface area (Å²) in [5.74, 6) is -0.0287. The van der Waals surface area contributed by atoms with Gasteiger partial charge >= 0.3 is 0 Å². The quantitative estimate of drug-likeness (QED) is 0.727. The summed E-state index contributed by atoms with van der Waals surface area (Å²) in [6.45, 7) is 16.0. The monoisotopic (exact) mass is 304 g/mol. The molecule has 0 aliphatic heterocycles. The van der Waals surface area contributed by atoms with Crippen LogP contribution in [-0.4, -0.2) is 14.2 Å². The second-order valence-electron chi connectivity index (χ2n) is 8.28. The number of ether oxygens (including phenoxy) is 2. The molecule has 2 nitrogen and oxygen atoms in total. The van der Waals surface area contributed by atoms with E-state index in [4.69, 9.17) is 9.47 Å². The van der Waals surface area contributed by atoms with Gasteiger partial charge in [0, 0.05) is 19.8 Å². The summed E-state index contributed by atoms with van der Waals surface area (Å²) >= 11 is 0. The van der Waals surface area contributed by atoms with E-state index in [9.17, 15) is 0 Å². The highest BCUT2D eigenvalue weighted by Crippen LogP contribution is 2.50. The Balaban J connectivity index is 2.73. The van der Waals surface area contributed by atoms with E-state index in [0.29, 0.717) is 5.92 Å². The van der Waals surface area contributed by atoms with Crippen molar-refractivity contribution in [2.75, 3.05) is 14.2 Å². The fraction of sp³-hybridized carbons (Fsp3) is 0.700. The second-order valence-corrected chi connectivity index (χ2v) is 8.28. The molecule has 0 saturated carbocycles. The minimum atomic E-state index is -0.692. The van der Waals surface area contributed by atoms with E-state index >= 15 is 0 Å². The van der Waals surface area contributed by atoms with Gasteiger partial charge in [0.25, 0.3) is 0 Å². The molecular formula is C20H32O2. The zero-order chi connectivity index (χ0) is 16.9. The van der Waals surface area contributed by atoms with Crippen LogP contribution in [-0.2, 0) is 26.1 Å². The molecule has 2 heteroatoms. The van der Waals surface area contributed by atoms with Gasteiger partial charge in [-0.2, -0.15) is 0 Å². The summed E-state index contributed by atoms with van der Waals surface area (Å²) in [7, 11) is 3.42. The molecule has 0 fully saturated rings. The molecule has 0 amide bonds. The topological polar surface area (TPSA) is 18.5 Å². The Morgan fingerprint density at radius 3 is 2.09 bits per heavy atom. The van der Waals surface area contributed by atoms with Crippen molar-refractivity contribution in [2.45, 2.75) is 71.5 Å². The first-order chi connectivity index (χ1) is 9.99. The minimum absolute atomic E-state index is 0.176. The molecule has 1 unspecified atom stereocenters. The molecule has 22 heavy (non-hydrogen) atoms. The van der Waals surface area contributed by atoms with Crippen molar-refractivity contribution in [2.24, 2.45) is 5.92 Å². The number of rotatable bonds is 3. The van der Waals surface area contributed by atoms with Crippen LogP contribution in [0.4, 0.5) is 0 Å². The number of aryl methyl sites for hydroxylation is 1. The largest absolute Gasteiger partial charge is 0.349 e. The lowest BCUT2D eigenvalue weighted by atomic mass is 9.57. The number of hydrogen-bond donors (Lipinski definition) is 0. The number of benzene rings is 1. The molecule has 0 heterocycles. The van der Waals surface area contributed by atoms with Crippen LogP contribution in [0.1, 0.15) is 70.2 Å². The van der Waals surface area contributed by atoms with Gasteiger partial charge < -0.3 is 9.47 Å². The molecule has 0 N–H and O–H groups in total. The molecular weight excluding hydrogens is 272 g/mol. The van der Waals surface area contributed by atoms with E-state index in [2.05, 4.69) is 53.7 Å². The highest BCUT2D eigenvalue weighted by atomic mass is 16.7. The van der Waals surface area contributed by atoms with Gasteiger partial charge in [-0.05, 0) is 59.8 Å². The molecule has 1 aromatic carbocycles. The van der Waals surface area contributed by atoms with Crippen LogP contribution >= 0.6 is 0 Å². The van der Waals surface area contributed by atoms with Gasteiger partial charge in [-0.3, -0.25) is 0 Å². The Labute approximate surface area is 136 Å². The number of fused-ring (bicyclic) bond motifs is 1. The highest BCUT2D eigenvalue weighted by molar-refractivity contribution is 5.48. The predicted molar refractivity (Wildman–Crippen MR) is 92.4 cm³/mol. The SMILES string of the molecule is COC(C)(OC)c1cc2c(cc1C)C(C)(C)C(C)CC2(C)C. The van der Waals surface area contributed by atoms with Gasteiger partial charge in [-0.15, -0.1) is 0 Å². The van der Waals surface area contributed by atoms with E-state index in [-0.39, 0.29) is 10.8 Å². The van der Waals surface area contributed by atoms with Gasteiger partial charge in [0.2, 0.25) is 0 Å². The van der Waals surface area contributed by atoms with Crippen LogP contribution in [0.15, 0.2) is 12.1 Å². The highest BCUT2D eigenvalue weighted by Gasteiger charge is 2.43. The maximum absolute atomic E-state index is 5.66. The lowest BCUT2D eigenvalue weighted by molar-refractivity contribution is -0.202. The molecule has 0 radical (unpaired) electrons. The van der Waals surface area contributed by atoms with Crippen LogP contribution in [0.5, 0.6) is 0 Å². The smallest absolute Gasteiger partial charge is 0.191 e. The number of hydrogen-bond acceptors (Lipinski definition) is 2. The molecule has 1 atom stereocenters. The molecule has 0 spiro atoms. The molecule has 2 rings (SSSR count). The van der Waals surface area contributed by atoms with Crippen molar-refractivity contribution >= 4 is 0 Å². The molecule has 1 aliphatic carbocycles. The van der Waals surface area contributed by atoms with Gasteiger partial charge in [0.1, 0.15) is 0 Å². The van der Waals surface area contributed by atoms with Crippen LogP contribution in [0.3, 0.4) is 0 Å². The zero-order valence-corrected chi connectivity index (χ0v) is 15.8. The summed E-state index contributed by atoms with van der Waals surface area (Å²) in [5.41, 5.74) is 5.67. The van der Waals surface area contributed by atoms with Crippen molar-refractivity contribution in [1.82, 2.24) is 0 Å². The minimum Gasteiger partial charge on any atom is -0.349 e. The standard InChI is InChI=1S/C20H32O2/c1-13-10-17-16(11-15(13)20(7,21-8)22-9)18(3,4)12-14(2)19(17,5)6/h10-11,14H,12H2,1-9H3. The maximum Gasteiger partial charge on any atom is 0.191 e. The lowest BCUT2D eigenvalue weighted by Crippen LogP contribution is -2.41. The van der Waals surface area contributed by atoms with Crippen molar-refractivity contribution in [1.29, 1.82) is 0 Å². The summed E-state index contributed by atoms with van der Waals surface area (Å²) in [4.78, 5) is 0. The summed E-state index contributed by atoms with van der Waals surface area (Å²) in [5, 5.41) is 0. The van der Waals surface area contributed by atoms with Crippen molar-refractivity contribution in [3.63, 3.8) is 0 Å². The maximum atomic E-state index is 5.66. The van der Waals surface area contributed by atoms with Crippen LogP contribution in [0.25, 0.3) is 0 Å². The Morgan fingerprint density at radius 2 is 1.59 bits per heavy atom. The summed E-state index contributed by atoms with van der Waals surface area (Å²) in [6.07, 6.45) is 1.20. The molecule has 0 aromatic heterocycles. The van der Waals surface area contributed by atoms with Crippen LogP contribution in [0.2, 0.25) is 0 Å². The first-order valence-electron chi connectivity index (χ1n) is 8.26. The molecule has 0 saturated heterocycles. The van der Waals surface area contributed by atoms with Crippen LogP contribution in [0, 0.1) is 12.8 Å². The Hall–Kier alpha value is -0.860. The summed E-state index contributed by atoms with van der Waals surface area (Å²) in [6, 6.07) is 4.68. The lowest BCUT2D eigenvalue weighted by Gasteiger charge is -2.47. The zero-order valence-electron chi connectivity index (χ0n) is 15.8. The normalized spacial score (nSPS) is 23.2.